The summed E-state index contributed by atoms with van der Waals surface area (Å²) < 4.78 is 0. The first-order valence-corrected chi connectivity index (χ1v) is 3.62. The van der Waals surface area contributed by atoms with Gasteiger partial charge in [-0.2, -0.15) is 0 Å². The standard InChI is InChI=1S/C7H13N/c8-7-2-1-5-3-6(5)4-7/h5-7H,1-4,8H2/t5-,6-,7?/m1/s1. The Labute approximate surface area is 50.3 Å². The van der Waals surface area contributed by atoms with Gasteiger partial charge < -0.3 is 5.73 Å². The molecule has 0 aromatic carbocycles. The Bertz CT molecular complexity index is 101. The zero-order valence-corrected chi connectivity index (χ0v) is 5.14. The van der Waals surface area contributed by atoms with Crippen LogP contribution in [0.2, 0.25) is 0 Å². The highest BCUT2D eigenvalue weighted by molar-refractivity contribution is 4.93. The predicted molar refractivity (Wildman–Crippen MR) is 33.4 cm³/mol. The quantitative estimate of drug-likeness (QED) is 0.498. The minimum absolute atomic E-state index is 0.554. The molecule has 0 heterocycles. The van der Waals surface area contributed by atoms with Crippen molar-refractivity contribution in [3.8, 4) is 0 Å². The van der Waals surface area contributed by atoms with Crippen LogP contribution in [0.25, 0.3) is 0 Å². The van der Waals surface area contributed by atoms with Gasteiger partial charge in [0, 0.05) is 6.04 Å². The molecule has 2 aliphatic carbocycles. The third-order valence-corrected chi connectivity index (χ3v) is 2.58. The molecule has 2 saturated carbocycles. The topological polar surface area (TPSA) is 26.0 Å². The summed E-state index contributed by atoms with van der Waals surface area (Å²) in [5.41, 5.74) is 5.75. The molecule has 1 unspecified atom stereocenters. The molecule has 0 aliphatic heterocycles. The third-order valence-electron chi connectivity index (χ3n) is 2.58. The van der Waals surface area contributed by atoms with Gasteiger partial charge in [0.05, 0.1) is 0 Å². The molecule has 1 nitrogen and oxygen atoms in total. The molecule has 46 valence electrons. The van der Waals surface area contributed by atoms with E-state index in [1.54, 1.807) is 0 Å². The minimum Gasteiger partial charge on any atom is -0.328 e. The smallest absolute Gasteiger partial charge is 0.00416 e. The van der Waals surface area contributed by atoms with Crippen LogP contribution < -0.4 is 5.73 Å². The Morgan fingerprint density at radius 3 is 2.50 bits per heavy atom. The van der Waals surface area contributed by atoms with Crippen molar-refractivity contribution in [1.29, 1.82) is 0 Å². The predicted octanol–water partition coefficient (Wildman–Crippen LogP) is 1.13. The van der Waals surface area contributed by atoms with Crippen molar-refractivity contribution < 1.29 is 0 Å². The molecule has 2 fully saturated rings. The van der Waals surface area contributed by atoms with Crippen LogP contribution in [0.15, 0.2) is 0 Å². The van der Waals surface area contributed by atoms with Crippen LogP contribution in [-0.4, -0.2) is 6.04 Å². The maximum atomic E-state index is 5.75. The summed E-state index contributed by atoms with van der Waals surface area (Å²) in [6.07, 6.45) is 5.53. The maximum Gasteiger partial charge on any atom is 0.00416 e. The summed E-state index contributed by atoms with van der Waals surface area (Å²) in [5, 5.41) is 0. The van der Waals surface area contributed by atoms with Crippen molar-refractivity contribution >= 4 is 0 Å². The van der Waals surface area contributed by atoms with E-state index in [1.165, 1.54) is 25.7 Å². The van der Waals surface area contributed by atoms with Crippen molar-refractivity contribution in [1.82, 2.24) is 0 Å². The second kappa shape index (κ2) is 1.47. The van der Waals surface area contributed by atoms with Crippen LogP contribution in [0.4, 0.5) is 0 Å². The van der Waals surface area contributed by atoms with E-state index >= 15 is 0 Å². The largest absolute Gasteiger partial charge is 0.328 e. The highest BCUT2D eigenvalue weighted by Gasteiger charge is 2.40. The van der Waals surface area contributed by atoms with Crippen LogP contribution >= 0.6 is 0 Å². The highest BCUT2D eigenvalue weighted by Crippen LogP contribution is 2.48. The molecule has 2 N–H and O–H groups in total. The molecule has 0 aromatic rings. The second-order valence-corrected chi connectivity index (χ2v) is 3.33. The van der Waals surface area contributed by atoms with Crippen molar-refractivity contribution in [2.75, 3.05) is 0 Å². The van der Waals surface area contributed by atoms with Crippen molar-refractivity contribution in [3.63, 3.8) is 0 Å². The fraction of sp³-hybridized carbons (Fsp3) is 1.00. The van der Waals surface area contributed by atoms with Gasteiger partial charge in [0.1, 0.15) is 0 Å². The lowest BCUT2D eigenvalue weighted by Gasteiger charge is -2.15. The first-order chi connectivity index (χ1) is 3.86. The Kier molecular flexibility index (Phi) is 0.884. The van der Waals surface area contributed by atoms with Gasteiger partial charge in [0.25, 0.3) is 0 Å². The fourth-order valence-corrected chi connectivity index (χ4v) is 1.89. The highest BCUT2D eigenvalue weighted by atomic mass is 14.7. The number of nitrogens with two attached hydrogens (primary N) is 1. The normalized spacial score (nSPS) is 52.9. The van der Waals surface area contributed by atoms with Gasteiger partial charge in [-0.25, -0.2) is 0 Å². The molecule has 2 rings (SSSR count). The van der Waals surface area contributed by atoms with Gasteiger partial charge in [-0.15, -0.1) is 0 Å². The lowest BCUT2D eigenvalue weighted by molar-refractivity contribution is 0.422. The van der Waals surface area contributed by atoms with Crippen LogP contribution in [0.5, 0.6) is 0 Å². The van der Waals surface area contributed by atoms with Crippen LogP contribution in [-0.2, 0) is 0 Å². The van der Waals surface area contributed by atoms with E-state index in [1.807, 2.05) is 0 Å². The molecule has 3 atom stereocenters. The van der Waals surface area contributed by atoms with Crippen LogP contribution in [0.1, 0.15) is 25.7 Å². The Hall–Kier alpha value is -0.0400. The molecular formula is C7H13N. The molecule has 1 heteroatoms. The third kappa shape index (κ3) is 0.655. The molecule has 0 amide bonds. The molecular weight excluding hydrogens is 98.1 g/mol. The SMILES string of the molecule is NC1CC[C@@H]2C[C@@H]2C1. The van der Waals surface area contributed by atoms with E-state index in [-0.39, 0.29) is 0 Å². The zero-order chi connectivity index (χ0) is 5.56. The number of hydrogen-bond acceptors (Lipinski definition) is 1. The van der Waals surface area contributed by atoms with E-state index in [2.05, 4.69) is 0 Å². The van der Waals surface area contributed by atoms with Gasteiger partial charge in [0.2, 0.25) is 0 Å². The maximum absolute atomic E-state index is 5.75. The Morgan fingerprint density at radius 1 is 1.00 bits per heavy atom. The van der Waals surface area contributed by atoms with Gasteiger partial charge in [-0.3, -0.25) is 0 Å². The van der Waals surface area contributed by atoms with Crippen molar-refractivity contribution in [2.24, 2.45) is 17.6 Å². The van der Waals surface area contributed by atoms with Crippen LogP contribution in [0.3, 0.4) is 0 Å². The van der Waals surface area contributed by atoms with E-state index in [9.17, 15) is 0 Å². The lowest BCUT2D eigenvalue weighted by Crippen LogP contribution is -2.23. The Balaban J connectivity index is 1.93. The summed E-state index contributed by atoms with van der Waals surface area (Å²) in [5.74, 6) is 2.16. The van der Waals surface area contributed by atoms with Crippen molar-refractivity contribution in [3.05, 3.63) is 0 Å². The molecule has 8 heavy (non-hydrogen) atoms. The monoisotopic (exact) mass is 111 g/mol. The molecule has 0 radical (unpaired) electrons. The van der Waals surface area contributed by atoms with E-state index in [0.29, 0.717) is 6.04 Å². The van der Waals surface area contributed by atoms with Gasteiger partial charge >= 0.3 is 0 Å². The second-order valence-electron chi connectivity index (χ2n) is 3.33. The Morgan fingerprint density at radius 2 is 1.88 bits per heavy atom. The van der Waals surface area contributed by atoms with E-state index in [4.69, 9.17) is 5.73 Å². The zero-order valence-electron chi connectivity index (χ0n) is 5.14. The summed E-state index contributed by atoms with van der Waals surface area (Å²) in [6, 6.07) is 0.554. The molecule has 0 bridgehead atoms. The molecule has 0 aromatic heterocycles. The summed E-state index contributed by atoms with van der Waals surface area (Å²) in [7, 11) is 0. The summed E-state index contributed by atoms with van der Waals surface area (Å²) in [4.78, 5) is 0. The van der Waals surface area contributed by atoms with Crippen LogP contribution in [0, 0.1) is 11.8 Å². The average molecular weight is 111 g/mol. The fourth-order valence-electron chi connectivity index (χ4n) is 1.89. The first kappa shape index (κ1) is 4.80. The van der Waals surface area contributed by atoms with Gasteiger partial charge in [-0.1, -0.05) is 0 Å². The van der Waals surface area contributed by atoms with Crippen molar-refractivity contribution in [2.45, 2.75) is 31.7 Å². The lowest BCUT2D eigenvalue weighted by atomic mass is 9.97. The molecule has 2 aliphatic rings. The first-order valence-electron chi connectivity index (χ1n) is 3.62. The number of hydrogen-bond donors (Lipinski definition) is 1. The average Bonchev–Trinajstić information content (AvgIpc) is 2.43. The molecule has 0 saturated heterocycles. The summed E-state index contributed by atoms with van der Waals surface area (Å²) in [6.45, 7) is 0. The number of fused-ring (bicyclic) bond motifs is 1. The number of rotatable bonds is 0. The van der Waals surface area contributed by atoms with Gasteiger partial charge in [-0.05, 0) is 37.5 Å². The van der Waals surface area contributed by atoms with E-state index in [0.717, 1.165) is 11.8 Å². The van der Waals surface area contributed by atoms with Gasteiger partial charge in [0.15, 0.2) is 0 Å². The van der Waals surface area contributed by atoms with E-state index < -0.39 is 0 Å². The molecule has 0 spiro atoms. The summed E-state index contributed by atoms with van der Waals surface area (Å²) >= 11 is 0. The minimum atomic E-state index is 0.554.